The highest BCUT2D eigenvalue weighted by Gasteiger charge is 2.22. The number of pyridine rings is 1. The molecule has 1 aromatic rings. The van der Waals surface area contributed by atoms with E-state index in [0.29, 0.717) is 17.6 Å². The summed E-state index contributed by atoms with van der Waals surface area (Å²) in [5.74, 6) is -0.348. The molecule has 0 bridgehead atoms. The summed E-state index contributed by atoms with van der Waals surface area (Å²) in [7, 11) is 3.50. The molecule has 1 heterocycles. The molecule has 0 unspecified atom stereocenters. The fourth-order valence-electron chi connectivity index (χ4n) is 2.68. The minimum Gasteiger partial charge on any atom is -0.465 e. The first-order valence-corrected chi connectivity index (χ1v) is 7.09. The van der Waals surface area contributed by atoms with E-state index >= 15 is 0 Å². The van der Waals surface area contributed by atoms with Crippen LogP contribution in [0.3, 0.4) is 0 Å². The zero-order chi connectivity index (χ0) is 14.5. The summed E-state index contributed by atoms with van der Waals surface area (Å²) in [6, 6.07) is 4.60. The maximum atomic E-state index is 11.3. The zero-order valence-electron chi connectivity index (χ0n) is 12.2. The van der Waals surface area contributed by atoms with Crippen molar-refractivity contribution in [2.75, 3.05) is 14.2 Å². The highest BCUT2D eigenvalue weighted by atomic mass is 16.5. The second kappa shape index (κ2) is 6.81. The molecule has 0 atom stereocenters. The van der Waals surface area contributed by atoms with Gasteiger partial charge in [-0.25, -0.2) is 4.79 Å². The van der Waals surface area contributed by atoms with Gasteiger partial charge in [-0.3, -0.25) is 9.88 Å². The number of nitrogens with two attached hydrogens (primary N) is 1. The fraction of sp³-hybridized carbons (Fsp3) is 0.600. The fourth-order valence-corrected chi connectivity index (χ4v) is 2.68. The summed E-state index contributed by atoms with van der Waals surface area (Å²) < 4.78 is 4.66. The van der Waals surface area contributed by atoms with E-state index in [1.807, 2.05) is 6.07 Å². The maximum absolute atomic E-state index is 11.3. The first-order valence-electron chi connectivity index (χ1n) is 7.09. The van der Waals surface area contributed by atoms with E-state index < -0.39 is 0 Å². The molecule has 0 aromatic carbocycles. The molecular formula is C15H23N3O2. The largest absolute Gasteiger partial charge is 0.465 e. The Morgan fingerprint density at radius 1 is 1.40 bits per heavy atom. The van der Waals surface area contributed by atoms with E-state index in [4.69, 9.17) is 5.73 Å². The van der Waals surface area contributed by atoms with Gasteiger partial charge in [-0.2, -0.15) is 0 Å². The zero-order valence-corrected chi connectivity index (χ0v) is 12.2. The standard InChI is InChI=1S/C15H23N3O2/c1-18(14-7-4-12(16)5-8-14)10-13-6-3-11(9-17-13)15(19)20-2/h3,6,9,12,14H,4-5,7-8,10,16H2,1-2H3. The van der Waals surface area contributed by atoms with Crippen molar-refractivity contribution in [3.8, 4) is 0 Å². The number of nitrogens with zero attached hydrogens (tertiary/aromatic N) is 2. The Morgan fingerprint density at radius 3 is 2.65 bits per heavy atom. The van der Waals surface area contributed by atoms with Crippen molar-refractivity contribution >= 4 is 5.97 Å². The summed E-state index contributed by atoms with van der Waals surface area (Å²) in [6.45, 7) is 0.793. The molecule has 0 aliphatic heterocycles. The van der Waals surface area contributed by atoms with Gasteiger partial charge in [-0.05, 0) is 44.9 Å². The van der Waals surface area contributed by atoms with Crippen LogP contribution in [0.1, 0.15) is 41.7 Å². The van der Waals surface area contributed by atoms with Crippen LogP contribution in [0.15, 0.2) is 18.3 Å². The Kier molecular flexibility index (Phi) is 5.09. The molecule has 2 rings (SSSR count). The van der Waals surface area contributed by atoms with E-state index in [2.05, 4.69) is 21.7 Å². The van der Waals surface area contributed by atoms with Crippen molar-refractivity contribution in [3.05, 3.63) is 29.6 Å². The molecule has 1 fully saturated rings. The predicted molar refractivity (Wildman–Crippen MR) is 77.3 cm³/mol. The number of carbonyl (C=O) groups is 1. The molecule has 0 radical (unpaired) electrons. The van der Waals surface area contributed by atoms with E-state index in [0.717, 1.165) is 37.9 Å². The third kappa shape index (κ3) is 3.77. The topological polar surface area (TPSA) is 68.5 Å². The average Bonchev–Trinajstić information content (AvgIpc) is 2.48. The quantitative estimate of drug-likeness (QED) is 0.846. The van der Waals surface area contributed by atoms with Crippen LogP contribution in [0.4, 0.5) is 0 Å². The second-order valence-electron chi connectivity index (χ2n) is 5.51. The lowest BCUT2D eigenvalue weighted by Crippen LogP contribution is -2.38. The average molecular weight is 277 g/mol. The highest BCUT2D eigenvalue weighted by molar-refractivity contribution is 5.88. The van der Waals surface area contributed by atoms with Crippen molar-refractivity contribution < 1.29 is 9.53 Å². The Hall–Kier alpha value is -1.46. The Morgan fingerprint density at radius 2 is 2.10 bits per heavy atom. The number of hydrogen-bond donors (Lipinski definition) is 1. The molecule has 0 spiro atoms. The molecule has 2 N–H and O–H groups in total. The van der Waals surface area contributed by atoms with Gasteiger partial charge < -0.3 is 10.5 Å². The Balaban J connectivity index is 1.91. The van der Waals surface area contributed by atoms with Crippen LogP contribution < -0.4 is 5.73 Å². The van der Waals surface area contributed by atoms with Crippen LogP contribution in [0.5, 0.6) is 0 Å². The van der Waals surface area contributed by atoms with E-state index in [1.54, 1.807) is 12.3 Å². The third-order valence-electron chi connectivity index (χ3n) is 4.02. The molecule has 1 aliphatic carbocycles. The molecule has 5 heteroatoms. The van der Waals surface area contributed by atoms with Gasteiger partial charge in [0, 0.05) is 24.8 Å². The highest BCUT2D eigenvalue weighted by Crippen LogP contribution is 2.22. The molecule has 110 valence electrons. The van der Waals surface area contributed by atoms with E-state index in [-0.39, 0.29) is 5.97 Å². The second-order valence-corrected chi connectivity index (χ2v) is 5.51. The van der Waals surface area contributed by atoms with Gasteiger partial charge >= 0.3 is 5.97 Å². The molecule has 1 saturated carbocycles. The van der Waals surface area contributed by atoms with Crippen molar-refractivity contribution in [1.29, 1.82) is 0 Å². The van der Waals surface area contributed by atoms with Gasteiger partial charge in [-0.1, -0.05) is 0 Å². The molecule has 0 amide bonds. The van der Waals surface area contributed by atoms with Crippen molar-refractivity contribution in [3.63, 3.8) is 0 Å². The normalized spacial score (nSPS) is 22.8. The van der Waals surface area contributed by atoms with Crippen LogP contribution in [0, 0.1) is 0 Å². The summed E-state index contributed by atoms with van der Waals surface area (Å²) in [5.41, 5.74) is 7.39. The molecular weight excluding hydrogens is 254 g/mol. The molecule has 0 saturated heterocycles. The summed E-state index contributed by atoms with van der Waals surface area (Å²) in [4.78, 5) is 18.0. The number of hydrogen-bond acceptors (Lipinski definition) is 5. The first kappa shape index (κ1) is 14.9. The molecule has 5 nitrogen and oxygen atoms in total. The van der Waals surface area contributed by atoms with Gasteiger partial charge in [-0.15, -0.1) is 0 Å². The SMILES string of the molecule is COC(=O)c1ccc(CN(C)C2CCC(N)CC2)nc1. The minimum absolute atomic E-state index is 0.348. The van der Waals surface area contributed by atoms with Gasteiger partial charge in [0.15, 0.2) is 0 Å². The van der Waals surface area contributed by atoms with E-state index in [9.17, 15) is 4.79 Å². The number of aromatic nitrogens is 1. The van der Waals surface area contributed by atoms with Crippen molar-refractivity contribution in [2.24, 2.45) is 5.73 Å². The lowest BCUT2D eigenvalue weighted by molar-refractivity contribution is 0.0600. The molecule has 20 heavy (non-hydrogen) atoms. The number of methoxy groups -OCH3 is 1. The lowest BCUT2D eigenvalue weighted by Gasteiger charge is -2.33. The van der Waals surface area contributed by atoms with Gasteiger partial charge in [0.2, 0.25) is 0 Å². The van der Waals surface area contributed by atoms with Crippen LogP contribution >= 0.6 is 0 Å². The lowest BCUT2D eigenvalue weighted by atomic mass is 9.91. The van der Waals surface area contributed by atoms with Crippen LogP contribution in [-0.2, 0) is 11.3 Å². The Bertz CT molecular complexity index is 439. The molecule has 1 aliphatic rings. The van der Waals surface area contributed by atoms with Crippen molar-refractivity contribution in [1.82, 2.24) is 9.88 Å². The monoisotopic (exact) mass is 277 g/mol. The number of rotatable bonds is 4. The van der Waals surface area contributed by atoms with Gasteiger partial charge in [0.25, 0.3) is 0 Å². The number of esters is 1. The van der Waals surface area contributed by atoms with Gasteiger partial charge in [0.05, 0.1) is 18.4 Å². The third-order valence-corrected chi connectivity index (χ3v) is 4.02. The molecule has 1 aromatic heterocycles. The van der Waals surface area contributed by atoms with Crippen molar-refractivity contribution in [2.45, 2.75) is 44.3 Å². The predicted octanol–water partition coefficient (Wildman–Crippen LogP) is 1.57. The van der Waals surface area contributed by atoms with Gasteiger partial charge in [0.1, 0.15) is 0 Å². The van der Waals surface area contributed by atoms with Crippen LogP contribution in [0.25, 0.3) is 0 Å². The minimum atomic E-state index is -0.348. The Labute approximate surface area is 120 Å². The first-order chi connectivity index (χ1) is 9.60. The maximum Gasteiger partial charge on any atom is 0.339 e. The summed E-state index contributed by atoms with van der Waals surface area (Å²) in [6.07, 6.45) is 6.08. The number of carbonyl (C=O) groups excluding carboxylic acids is 1. The smallest absolute Gasteiger partial charge is 0.339 e. The van der Waals surface area contributed by atoms with E-state index in [1.165, 1.54) is 7.11 Å². The van der Waals surface area contributed by atoms with Crippen LogP contribution in [0.2, 0.25) is 0 Å². The summed E-state index contributed by atoms with van der Waals surface area (Å²) >= 11 is 0. The van der Waals surface area contributed by atoms with Crippen LogP contribution in [-0.4, -0.2) is 42.1 Å². The summed E-state index contributed by atoms with van der Waals surface area (Å²) in [5, 5.41) is 0. The number of ether oxygens (including phenoxy) is 1.